The molecule has 2 aliphatic rings. The highest BCUT2D eigenvalue weighted by atomic mass is 16.5. The minimum atomic E-state index is -0.302. The number of carbonyl (C=O) groups excluding carboxylic acids is 2. The third-order valence-corrected chi connectivity index (χ3v) is 9.73. The number of benzene rings is 4. The number of rotatable bonds is 6. The Morgan fingerprint density at radius 3 is 1.15 bits per heavy atom. The number of ether oxygens (including phenoxy) is 2. The first-order valence-corrected chi connectivity index (χ1v) is 17.0. The van der Waals surface area contributed by atoms with Crippen LogP contribution in [0.4, 0.5) is 0 Å². The van der Waals surface area contributed by atoms with E-state index in [1.54, 1.807) is 12.1 Å². The van der Waals surface area contributed by atoms with Gasteiger partial charge in [-0.15, -0.1) is 0 Å². The topological polar surface area (TPSA) is 52.6 Å². The molecule has 240 valence electrons. The molecule has 0 amide bonds. The van der Waals surface area contributed by atoms with E-state index in [1.165, 1.54) is 62.5 Å². The zero-order chi connectivity index (χ0) is 32.5. The van der Waals surface area contributed by atoms with Crippen molar-refractivity contribution in [2.75, 3.05) is 0 Å². The van der Waals surface area contributed by atoms with Gasteiger partial charge in [-0.2, -0.15) is 0 Å². The predicted molar refractivity (Wildman–Crippen MR) is 186 cm³/mol. The third kappa shape index (κ3) is 9.42. The first-order valence-electron chi connectivity index (χ1n) is 17.0. The van der Waals surface area contributed by atoms with Crippen molar-refractivity contribution in [1.82, 2.24) is 0 Å². The second kappa shape index (κ2) is 15.9. The Morgan fingerprint density at radius 1 is 0.457 bits per heavy atom. The van der Waals surface area contributed by atoms with Crippen LogP contribution < -0.4 is 9.47 Å². The number of esters is 2. The van der Waals surface area contributed by atoms with Gasteiger partial charge in [0.1, 0.15) is 11.5 Å². The molecule has 4 heteroatoms. The van der Waals surface area contributed by atoms with Gasteiger partial charge in [0.25, 0.3) is 0 Å². The van der Waals surface area contributed by atoms with Crippen molar-refractivity contribution < 1.29 is 19.1 Å². The van der Waals surface area contributed by atoms with Crippen LogP contribution in [-0.4, -0.2) is 11.9 Å². The van der Waals surface area contributed by atoms with Gasteiger partial charge in [0.2, 0.25) is 0 Å². The monoisotopic (exact) mass is 616 g/mol. The molecule has 0 radical (unpaired) electrons. The van der Waals surface area contributed by atoms with E-state index in [4.69, 9.17) is 9.47 Å². The van der Waals surface area contributed by atoms with E-state index >= 15 is 0 Å². The van der Waals surface area contributed by atoms with Gasteiger partial charge in [-0.1, -0.05) is 99.2 Å². The average molecular weight is 617 g/mol. The Labute approximate surface area is 275 Å². The molecule has 0 N–H and O–H groups in total. The lowest BCUT2D eigenvalue weighted by Gasteiger charge is -2.26. The van der Waals surface area contributed by atoms with E-state index in [9.17, 15) is 9.59 Å². The van der Waals surface area contributed by atoms with Gasteiger partial charge in [0.15, 0.2) is 0 Å². The summed E-state index contributed by atoms with van der Waals surface area (Å²) in [6, 6.07) is 31.0. The first kappa shape index (κ1) is 33.2. The molecule has 2 aliphatic carbocycles. The molecule has 0 aromatic heterocycles. The fourth-order valence-corrected chi connectivity index (χ4v) is 6.51. The minimum Gasteiger partial charge on any atom is -0.423 e. The highest BCUT2D eigenvalue weighted by Gasteiger charge is 2.21. The number of aryl methyl sites for hydroxylation is 2. The van der Waals surface area contributed by atoms with E-state index in [2.05, 4.69) is 38.1 Å². The van der Waals surface area contributed by atoms with Crippen LogP contribution >= 0.6 is 0 Å². The maximum Gasteiger partial charge on any atom is 0.343 e. The summed E-state index contributed by atoms with van der Waals surface area (Å²) in [4.78, 5) is 24.3. The highest BCUT2D eigenvalue weighted by Crippen LogP contribution is 2.37. The first-order chi connectivity index (χ1) is 22.2. The molecule has 0 bridgehead atoms. The number of hydrogen-bond acceptors (Lipinski definition) is 4. The molecule has 2 saturated carbocycles. The van der Waals surface area contributed by atoms with Crippen LogP contribution in [0.5, 0.6) is 11.5 Å². The molecule has 46 heavy (non-hydrogen) atoms. The van der Waals surface area contributed by atoms with Crippen LogP contribution in [0.25, 0.3) is 0 Å². The van der Waals surface area contributed by atoms with Crippen molar-refractivity contribution in [2.24, 2.45) is 11.8 Å². The maximum atomic E-state index is 12.2. The Hall–Kier alpha value is -4.18. The summed E-state index contributed by atoms with van der Waals surface area (Å²) in [7, 11) is 0. The second-order valence-corrected chi connectivity index (χ2v) is 13.6. The van der Waals surface area contributed by atoms with Crippen molar-refractivity contribution in [3.05, 3.63) is 130 Å². The summed E-state index contributed by atoms with van der Waals surface area (Å²) >= 11 is 0. The molecule has 0 heterocycles. The normalized spacial score (nSPS) is 21.0. The van der Waals surface area contributed by atoms with E-state index in [0.717, 1.165) is 23.0 Å². The van der Waals surface area contributed by atoms with Crippen LogP contribution in [0.3, 0.4) is 0 Å². The van der Waals surface area contributed by atoms with Gasteiger partial charge >= 0.3 is 11.9 Å². The average Bonchev–Trinajstić information content (AvgIpc) is 3.07. The van der Waals surface area contributed by atoms with Crippen molar-refractivity contribution in [3.8, 4) is 11.5 Å². The van der Waals surface area contributed by atoms with Crippen LogP contribution in [0.2, 0.25) is 0 Å². The fraction of sp³-hybridized carbons (Fsp3) is 0.381. The second-order valence-electron chi connectivity index (χ2n) is 13.6. The van der Waals surface area contributed by atoms with Crippen LogP contribution in [-0.2, 0) is 0 Å². The highest BCUT2D eigenvalue weighted by molar-refractivity contribution is 5.91. The molecular weight excluding hydrogens is 568 g/mol. The summed E-state index contributed by atoms with van der Waals surface area (Å²) in [5.74, 6) is 3.63. The standard InChI is InChI=1S/2C21H24O2/c1-15-3-7-17(8-4-15)18-9-11-19(12-10-18)21(22)23-20-13-5-16(2)6-14-20;1-15-3-7-17(8-4-15)18-11-13-20(14-12-18)23-21(22)19-9-5-16(2)6-10-19/h2*5-6,9-15,17H,3-4,7-8H2,1-2H3. The molecule has 6 rings (SSSR count). The Morgan fingerprint density at radius 2 is 0.761 bits per heavy atom. The molecule has 0 saturated heterocycles. The minimum absolute atomic E-state index is 0.294. The molecule has 0 atom stereocenters. The molecule has 0 aliphatic heterocycles. The molecule has 4 aromatic rings. The SMILES string of the molecule is Cc1ccc(C(=O)Oc2ccc(C3CCC(C)CC3)cc2)cc1.Cc1ccc(OC(=O)c2ccc(C3CCC(C)CC3)cc2)cc1. The summed E-state index contributed by atoms with van der Waals surface area (Å²) in [6.45, 7) is 8.68. The van der Waals surface area contributed by atoms with Gasteiger partial charge < -0.3 is 9.47 Å². The lowest BCUT2D eigenvalue weighted by molar-refractivity contribution is 0.0725. The fourth-order valence-electron chi connectivity index (χ4n) is 6.51. The Kier molecular flexibility index (Phi) is 11.5. The zero-order valence-electron chi connectivity index (χ0n) is 27.8. The van der Waals surface area contributed by atoms with Gasteiger partial charge in [0, 0.05) is 0 Å². The Balaban J connectivity index is 0.000000181. The predicted octanol–water partition coefficient (Wildman–Crippen LogP) is 11.0. The lowest BCUT2D eigenvalue weighted by Crippen LogP contribution is -2.12. The zero-order valence-corrected chi connectivity index (χ0v) is 27.8. The number of hydrogen-bond donors (Lipinski definition) is 0. The van der Waals surface area contributed by atoms with E-state index in [0.29, 0.717) is 34.5 Å². The van der Waals surface area contributed by atoms with Gasteiger partial charge in [-0.05, 0) is 123 Å². The van der Waals surface area contributed by atoms with Crippen LogP contribution in [0, 0.1) is 25.7 Å². The van der Waals surface area contributed by atoms with Crippen molar-refractivity contribution >= 4 is 11.9 Å². The number of carbonyl (C=O) groups is 2. The van der Waals surface area contributed by atoms with E-state index < -0.39 is 0 Å². The summed E-state index contributed by atoms with van der Waals surface area (Å²) in [5.41, 5.74) is 6.19. The van der Waals surface area contributed by atoms with Crippen molar-refractivity contribution in [2.45, 2.75) is 90.9 Å². The smallest absolute Gasteiger partial charge is 0.343 e. The molecule has 2 fully saturated rings. The van der Waals surface area contributed by atoms with Crippen LogP contribution in [0.1, 0.15) is 120 Å². The van der Waals surface area contributed by atoms with Crippen molar-refractivity contribution in [1.29, 1.82) is 0 Å². The quantitative estimate of drug-likeness (QED) is 0.160. The summed E-state index contributed by atoms with van der Waals surface area (Å²) in [5, 5.41) is 0. The van der Waals surface area contributed by atoms with Gasteiger partial charge in [-0.25, -0.2) is 9.59 Å². The summed E-state index contributed by atoms with van der Waals surface area (Å²) in [6.07, 6.45) is 10.3. The third-order valence-electron chi connectivity index (χ3n) is 9.73. The van der Waals surface area contributed by atoms with Crippen molar-refractivity contribution in [3.63, 3.8) is 0 Å². The van der Waals surface area contributed by atoms with Crippen LogP contribution in [0.15, 0.2) is 97.1 Å². The molecule has 4 nitrogen and oxygen atoms in total. The largest absolute Gasteiger partial charge is 0.423 e. The van der Waals surface area contributed by atoms with Gasteiger partial charge in [-0.3, -0.25) is 0 Å². The van der Waals surface area contributed by atoms with E-state index in [-0.39, 0.29) is 11.9 Å². The van der Waals surface area contributed by atoms with E-state index in [1.807, 2.05) is 74.5 Å². The molecule has 0 spiro atoms. The molecule has 4 aromatic carbocycles. The Bertz CT molecular complexity index is 1540. The lowest BCUT2D eigenvalue weighted by atomic mass is 9.79. The molecule has 0 unspecified atom stereocenters. The maximum absolute atomic E-state index is 12.2. The van der Waals surface area contributed by atoms with Gasteiger partial charge in [0.05, 0.1) is 11.1 Å². The molecular formula is C42H48O4. The summed E-state index contributed by atoms with van der Waals surface area (Å²) < 4.78 is 10.9.